The summed E-state index contributed by atoms with van der Waals surface area (Å²) in [5, 5.41) is 29.4. The summed E-state index contributed by atoms with van der Waals surface area (Å²) in [6, 6.07) is 10.7. The Morgan fingerprint density at radius 1 is 1.24 bits per heavy atom. The quantitative estimate of drug-likeness (QED) is 0.865. The van der Waals surface area contributed by atoms with E-state index in [0.717, 1.165) is 24.0 Å². The van der Waals surface area contributed by atoms with Gasteiger partial charge in [-0.1, -0.05) is 6.92 Å². The lowest BCUT2D eigenvalue weighted by atomic mass is 10.2. The minimum atomic E-state index is -0.242. The summed E-state index contributed by atoms with van der Waals surface area (Å²) in [5.41, 5.74) is 2.11. The van der Waals surface area contributed by atoms with Crippen LogP contribution in [0, 0.1) is 34.0 Å². The number of aryl methyl sites for hydroxylation is 1. The predicted molar refractivity (Wildman–Crippen MR) is 77.5 cm³/mol. The van der Waals surface area contributed by atoms with Crippen LogP contribution < -0.4 is 5.32 Å². The largest absolute Gasteiger partial charge is 0.345 e. The molecule has 0 saturated heterocycles. The molecule has 0 saturated carbocycles. The van der Waals surface area contributed by atoms with E-state index in [2.05, 4.69) is 21.8 Å². The first-order valence-corrected chi connectivity index (χ1v) is 6.40. The Bertz CT molecular complexity index is 806. The van der Waals surface area contributed by atoms with Gasteiger partial charge in [-0.15, -0.1) is 0 Å². The van der Waals surface area contributed by atoms with E-state index < -0.39 is 0 Å². The van der Waals surface area contributed by atoms with Crippen molar-refractivity contribution in [2.45, 2.75) is 19.9 Å². The zero-order valence-corrected chi connectivity index (χ0v) is 11.5. The molecule has 0 aliphatic carbocycles. The zero-order valence-electron chi connectivity index (χ0n) is 11.5. The molecule has 0 spiro atoms. The minimum Gasteiger partial charge on any atom is -0.345 e. The molecule has 0 aliphatic heterocycles. The highest BCUT2D eigenvalue weighted by molar-refractivity contribution is 5.80. The number of imidazole rings is 1. The molecule has 0 radical (unpaired) electrons. The van der Waals surface area contributed by atoms with E-state index in [4.69, 9.17) is 15.8 Å². The lowest BCUT2D eigenvalue weighted by Gasteiger charge is -2.05. The molecule has 6 heteroatoms. The van der Waals surface area contributed by atoms with Gasteiger partial charge >= 0.3 is 0 Å². The van der Waals surface area contributed by atoms with Gasteiger partial charge in [0.1, 0.15) is 23.9 Å². The number of allylic oxidation sites excluding steroid dienone is 2. The highest BCUT2D eigenvalue weighted by Crippen LogP contribution is 2.20. The molecule has 1 heterocycles. The van der Waals surface area contributed by atoms with E-state index in [-0.39, 0.29) is 11.3 Å². The number of hydrogen-bond acceptors (Lipinski definition) is 5. The molecule has 1 aromatic heterocycles. The fourth-order valence-electron chi connectivity index (χ4n) is 1.99. The summed E-state index contributed by atoms with van der Waals surface area (Å²) < 4.78 is 2.05. The molecule has 0 atom stereocenters. The third-order valence-corrected chi connectivity index (χ3v) is 2.94. The molecule has 0 amide bonds. The van der Waals surface area contributed by atoms with Crippen LogP contribution in [0.4, 0.5) is 5.69 Å². The zero-order chi connectivity index (χ0) is 15.2. The molecule has 102 valence electrons. The fraction of sp³-hybridized carbons (Fsp3) is 0.200. The standard InChI is InChI=1S/C15H12N6/c1-2-5-21-10-19-13-6-12(3-4-15(13)21)20-14(9-18)11(7-16)8-17/h3-4,6,10,20H,2,5H2,1H3. The third kappa shape index (κ3) is 2.83. The Morgan fingerprint density at radius 2 is 2.00 bits per heavy atom. The predicted octanol–water partition coefficient (Wildman–Crippen LogP) is 2.68. The number of nitriles is 3. The highest BCUT2D eigenvalue weighted by atomic mass is 15.0. The van der Waals surface area contributed by atoms with Gasteiger partial charge in [0, 0.05) is 12.2 Å². The summed E-state index contributed by atoms with van der Waals surface area (Å²) in [4.78, 5) is 4.31. The fourth-order valence-corrected chi connectivity index (χ4v) is 1.99. The molecule has 0 aliphatic rings. The first-order valence-electron chi connectivity index (χ1n) is 6.40. The Balaban J connectivity index is 2.37. The van der Waals surface area contributed by atoms with Gasteiger partial charge in [0.2, 0.25) is 0 Å². The van der Waals surface area contributed by atoms with Crippen molar-refractivity contribution < 1.29 is 0 Å². The summed E-state index contributed by atoms with van der Waals surface area (Å²) in [6.07, 6.45) is 2.79. The molecule has 0 unspecified atom stereocenters. The van der Waals surface area contributed by atoms with Crippen molar-refractivity contribution in [3.63, 3.8) is 0 Å². The molecule has 0 bridgehead atoms. The maximum atomic E-state index is 9.02. The monoisotopic (exact) mass is 276 g/mol. The molecule has 1 aromatic carbocycles. The molecule has 0 fully saturated rings. The van der Waals surface area contributed by atoms with Crippen LogP contribution in [0.15, 0.2) is 35.8 Å². The van der Waals surface area contributed by atoms with Crippen LogP contribution in [-0.2, 0) is 6.54 Å². The van der Waals surface area contributed by atoms with Crippen LogP contribution in [0.1, 0.15) is 13.3 Å². The van der Waals surface area contributed by atoms with Crippen LogP contribution in [0.5, 0.6) is 0 Å². The second kappa shape index (κ2) is 6.23. The maximum absolute atomic E-state index is 9.02. The van der Waals surface area contributed by atoms with Crippen molar-refractivity contribution in [2.75, 3.05) is 5.32 Å². The van der Waals surface area contributed by atoms with Crippen molar-refractivity contribution >= 4 is 16.7 Å². The number of nitrogens with one attached hydrogen (secondary N) is 1. The van der Waals surface area contributed by atoms with E-state index in [9.17, 15) is 0 Å². The number of rotatable bonds is 4. The molecule has 21 heavy (non-hydrogen) atoms. The van der Waals surface area contributed by atoms with Gasteiger partial charge in [-0.2, -0.15) is 15.8 Å². The van der Waals surface area contributed by atoms with E-state index in [0.29, 0.717) is 5.69 Å². The lowest BCUT2D eigenvalue weighted by molar-refractivity contribution is 0.697. The number of aromatic nitrogens is 2. The van der Waals surface area contributed by atoms with Crippen molar-refractivity contribution in [1.82, 2.24) is 9.55 Å². The maximum Gasteiger partial charge on any atom is 0.163 e. The second-order valence-corrected chi connectivity index (χ2v) is 4.35. The normalized spacial score (nSPS) is 9.43. The van der Waals surface area contributed by atoms with Gasteiger partial charge < -0.3 is 9.88 Å². The Hall–Kier alpha value is -3.30. The van der Waals surface area contributed by atoms with Gasteiger partial charge in [0.15, 0.2) is 5.57 Å². The molecule has 2 aromatic rings. The summed E-state index contributed by atoms with van der Waals surface area (Å²) >= 11 is 0. The van der Waals surface area contributed by atoms with Crippen molar-refractivity contribution in [2.24, 2.45) is 0 Å². The van der Waals surface area contributed by atoms with Crippen molar-refractivity contribution in [3.8, 4) is 18.2 Å². The van der Waals surface area contributed by atoms with Gasteiger partial charge in [0.25, 0.3) is 0 Å². The second-order valence-electron chi connectivity index (χ2n) is 4.35. The van der Waals surface area contributed by atoms with Gasteiger partial charge in [-0.05, 0) is 24.6 Å². The number of benzene rings is 1. The van der Waals surface area contributed by atoms with Crippen LogP contribution in [0.2, 0.25) is 0 Å². The van der Waals surface area contributed by atoms with Gasteiger partial charge in [-0.25, -0.2) is 4.98 Å². The SMILES string of the molecule is CCCn1cnc2cc(NC(C#N)=C(C#N)C#N)ccc21. The average molecular weight is 276 g/mol. The Morgan fingerprint density at radius 3 is 2.62 bits per heavy atom. The highest BCUT2D eigenvalue weighted by Gasteiger charge is 2.08. The van der Waals surface area contributed by atoms with E-state index in [1.807, 2.05) is 12.1 Å². The van der Waals surface area contributed by atoms with Gasteiger partial charge in [-0.3, -0.25) is 0 Å². The first kappa shape index (κ1) is 14.1. The van der Waals surface area contributed by atoms with Crippen molar-refractivity contribution in [3.05, 3.63) is 35.8 Å². The van der Waals surface area contributed by atoms with Gasteiger partial charge in [0.05, 0.1) is 17.4 Å². The first-order chi connectivity index (χ1) is 10.2. The molecular weight excluding hydrogens is 264 g/mol. The van der Waals surface area contributed by atoms with E-state index >= 15 is 0 Å². The third-order valence-electron chi connectivity index (χ3n) is 2.94. The summed E-state index contributed by atoms with van der Waals surface area (Å²) in [5.74, 6) is 0. The number of hydrogen-bond donors (Lipinski definition) is 1. The molecule has 1 N–H and O–H groups in total. The van der Waals surface area contributed by atoms with E-state index in [1.165, 1.54) is 0 Å². The van der Waals surface area contributed by atoms with Crippen molar-refractivity contribution in [1.29, 1.82) is 15.8 Å². The van der Waals surface area contributed by atoms with Crippen LogP contribution in [-0.4, -0.2) is 9.55 Å². The van der Waals surface area contributed by atoms with E-state index in [1.54, 1.807) is 30.6 Å². The van der Waals surface area contributed by atoms with Crippen LogP contribution in [0.25, 0.3) is 11.0 Å². The molecule has 2 rings (SSSR count). The minimum absolute atomic E-state index is 0.0626. The average Bonchev–Trinajstić information content (AvgIpc) is 2.90. The number of fused-ring (bicyclic) bond motifs is 1. The summed E-state index contributed by atoms with van der Waals surface area (Å²) in [6.45, 7) is 2.98. The number of anilines is 1. The lowest BCUT2D eigenvalue weighted by Crippen LogP contribution is -2.00. The molecule has 6 nitrogen and oxygen atoms in total. The summed E-state index contributed by atoms with van der Waals surface area (Å²) in [7, 11) is 0. The Labute approximate surface area is 122 Å². The topological polar surface area (TPSA) is 101 Å². The molecular formula is C15H12N6. The number of nitrogens with zero attached hydrogens (tertiary/aromatic N) is 5. The van der Waals surface area contributed by atoms with Crippen LogP contribution in [0.3, 0.4) is 0 Å². The van der Waals surface area contributed by atoms with Crippen LogP contribution >= 0.6 is 0 Å². The Kier molecular flexibility index (Phi) is 4.19. The smallest absolute Gasteiger partial charge is 0.163 e.